The average molecular weight is 683 g/mol. The van der Waals surface area contributed by atoms with E-state index in [0.717, 1.165) is 116 Å². The van der Waals surface area contributed by atoms with Gasteiger partial charge in [-0.05, 0) is 101 Å². The number of methoxy groups -OCH3 is 3. The van der Waals surface area contributed by atoms with Crippen LogP contribution in [-0.4, -0.2) is 62.2 Å². The van der Waals surface area contributed by atoms with Gasteiger partial charge in [0.2, 0.25) is 11.8 Å². The van der Waals surface area contributed by atoms with Gasteiger partial charge in [0.15, 0.2) is 11.8 Å². The fourth-order valence-electron chi connectivity index (χ4n) is 6.73. The molecule has 0 aliphatic carbocycles. The van der Waals surface area contributed by atoms with E-state index in [9.17, 15) is 5.26 Å². The number of benzene rings is 2. The molecule has 2 saturated heterocycles. The van der Waals surface area contributed by atoms with E-state index < -0.39 is 0 Å². The quantitative estimate of drug-likeness (QED) is 0.142. The molecular weight excluding hydrogens is 632 g/mol. The van der Waals surface area contributed by atoms with Crippen LogP contribution in [0.15, 0.2) is 51.3 Å². The van der Waals surface area contributed by atoms with Crippen LogP contribution >= 0.6 is 0 Å². The number of hydrogen-bond acceptors (Lipinski definition) is 11. The number of oxazole rings is 2. The van der Waals surface area contributed by atoms with Crippen LogP contribution in [0.3, 0.4) is 0 Å². The van der Waals surface area contributed by atoms with Gasteiger partial charge < -0.3 is 38.3 Å². The monoisotopic (exact) mass is 682 g/mol. The summed E-state index contributed by atoms with van der Waals surface area (Å²) in [5.74, 6) is 5.52. The van der Waals surface area contributed by atoms with Crippen molar-refractivity contribution in [1.29, 1.82) is 10.7 Å². The van der Waals surface area contributed by atoms with Crippen molar-refractivity contribution >= 4 is 17.5 Å². The summed E-state index contributed by atoms with van der Waals surface area (Å²) in [5.41, 5.74) is 4.88. The summed E-state index contributed by atoms with van der Waals surface area (Å²) in [4.78, 5) is 13.4. The Hall–Kier alpha value is -4.98. The highest BCUT2D eigenvalue weighted by Gasteiger charge is 2.31. The lowest BCUT2D eigenvalue weighted by molar-refractivity contribution is 0.393. The SMILES string of the molecule is COc1cc(CCc2nc(C)c(N3CCC[C@H]3C#N)o2)cc(OC)c1.COc1ccc(CCCc2nc(C)c(N3CCC[C@H]3C(C)=N)o2)cc1. The van der Waals surface area contributed by atoms with Gasteiger partial charge >= 0.3 is 0 Å². The third-order valence-corrected chi connectivity index (χ3v) is 9.36. The topological polar surface area (TPSA) is 134 Å². The van der Waals surface area contributed by atoms with Crippen molar-refractivity contribution in [3.05, 3.63) is 76.8 Å². The molecule has 11 heteroatoms. The lowest BCUT2D eigenvalue weighted by atomic mass is 10.1. The first-order valence-electron chi connectivity index (χ1n) is 17.5. The Labute approximate surface area is 295 Å². The van der Waals surface area contributed by atoms with Gasteiger partial charge in [-0.25, -0.2) is 9.97 Å². The average Bonchev–Trinajstić information content (AvgIpc) is 3.94. The number of rotatable bonds is 13. The van der Waals surface area contributed by atoms with Crippen LogP contribution in [0.4, 0.5) is 11.8 Å². The molecule has 2 fully saturated rings. The minimum atomic E-state index is -0.109. The van der Waals surface area contributed by atoms with Gasteiger partial charge in [0.1, 0.15) is 34.7 Å². The number of ether oxygens (including phenoxy) is 3. The fraction of sp³-hybridized carbons (Fsp3) is 0.487. The molecule has 0 saturated carbocycles. The van der Waals surface area contributed by atoms with E-state index in [4.69, 9.17) is 28.5 Å². The number of hydrogen-bond donors (Lipinski definition) is 1. The molecule has 4 aromatic rings. The fourth-order valence-corrected chi connectivity index (χ4v) is 6.73. The highest BCUT2D eigenvalue weighted by atomic mass is 16.5. The van der Waals surface area contributed by atoms with Crippen LogP contribution in [-0.2, 0) is 25.7 Å². The Morgan fingerprint density at radius 2 is 1.36 bits per heavy atom. The van der Waals surface area contributed by atoms with Crippen LogP contribution < -0.4 is 24.0 Å². The Kier molecular flexibility index (Phi) is 12.4. The predicted octanol–water partition coefficient (Wildman–Crippen LogP) is 7.45. The van der Waals surface area contributed by atoms with E-state index in [1.54, 1.807) is 21.3 Å². The van der Waals surface area contributed by atoms with Gasteiger partial charge in [-0.15, -0.1) is 0 Å². The second kappa shape index (κ2) is 17.1. The predicted molar refractivity (Wildman–Crippen MR) is 194 cm³/mol. The number of nitrogens with zero attached hydrogens (tertiary/aromatic N) is 5. The van der Waals surface area contributed by atoms with E-state index in [-0.39, 0.29) is 12.1 Å². The van der Waals surface area contributed by atoms with Crippen molar-refractivity contribution in [1.82, 2.24) is 9.97 Å². The van der Waals surface area contributed by atoms with Gasteiger partial charge in [-0.3, -0.25) is 0 Å². The minimum Gasteiger partial charge on any atom is -0.497 e. The van der Waals surface area contributed by atoms with Crippen LogP contribution in [0.5, 0.6) is 17.2 Å². The lowest BCUT2D eigenvalue weighted by Gasteiger charge is -2.23. The molecule has 0 spiro atoms. The molecule has 2 aromatic heterocycles. The van der Waals surface area contributed by atoms with Gasteiger partial charge in [0.25, 0.3) is 0 Å². The van der Waals surface area contributed by atoms with Crippen LogP contribution in [0, 0.1) is 30.6 Å². The summed E-state index contributed by atoms with van der Waals surface area (Å²) in [6, 6.07) is 16.4. The summed E-state index contributed by atoms with van der Waals surface area (Å²) >= 11 is 0. The number of aromatic nitrogens is 2. The number of nitrogens with one attached hydrogen (secondary N) is 1. The van der Waals surface area contributed by atoms with Crippen molar-refractivity contribution in [3.8, 4) is 23.3 Å². The molecule has 4 heterocycles. The van der Waals surface area contributed by atoms with E-state index >= 15 is 0 Å². The summed E-state index contributed by atoms with van der Waals surface area (Å²) in [6.07, 6.45) is 8.31. The number of aryl methyl sites for hydroxylation is 6. The number of anilines is 2. The highest BCUT2D eigenvalue weighted by Crippen LogP contribution is 2.32. The van der Waals surface area contributed by atoms with Crippen molar-refractivity contribution < 1.29 is 23.0 Å². The summed E-state index contributed by atoms with van der Waals surface area (Å²) in [7, 11) is 4.97. The first kappa shape index (κ1) is 36.3. The molecule has 266 valence electrons. The Balaban J connectivity index is 0.000000194. The van der Waals surface area contributed by atoms with Crippen LogP contribution in [0.2, 0.25) is 0 Å². The van der Waals surface area contributed by atoms with Crippen molar-refractivity contribution in [2.75, 3.05) is 44.2 Å². The molecule has 2 aliphatic rings. The van der Waals surface area contributed by atoms with Gasteiger partial charge in [-0.1, -0.05) is 12.1 Å². The highest BCUT2D eigenvalue weighted by molar-refractivity contribution is 5.87. The largest absolute Gasteiger partial charge is 0.497 e. The van der Waals surface area contributed by atoms with Crippen LogP contribution in [0.1, 0.15) is 73.3 Å². The molecule has 1 N–H and O–H groups in total. The molecule has 0 amide bonds. The van der Waals surface area contributed by atoms with E-state index in [1.807, 2.05) is 56.0 Å². The maximum absolute atomic E-state index is 9.27. The van der Waals surface area contributed by atoms with Crippen LogP contribution in [0.25, 0.3) is 0 Å². The zero-order valence-corrected chi connectivity index (χ0v) is 30.3. The molecule has 0 radical (unpaired) electrons. The Morgan fingerprint density at radius 3 is 1.96 bits per heavy atom. The summed E-state index contributed by atoms with van der Waals surface area (Å²) in [5, 5.41) is 17.2. The number of nitriles is 1. The molecule has 11 nitrogen and oxygen atoms in total. The second-order valence-corrected chi connectivity index (χ2v) is 12.9. The molecule has 2 atom stereocenters. The molecular formula is C39H50N6O5. The first-order chi connectivity index (χ1) is 24.2. The normalized spacial score (nSPS) is 16.9. The van der Waals surface area contributed by atoms with Gasteiger partial charge in [0.05, 0.1) is 33.4 Å². The Morgan fingerprint density at radius 1 is 0.780 bits per heavy atom. The van der Waals surface area contributed by atoms with Gasteiger partial charge in [-0.2, -0.15) is 5.26 Å². The molecule has 50 heavy (non-hydrogen) atoms. The molecule has 6 rings (SSSR count). The Bertz CT molecular complexity index is 1740. The molecule has 0 unspecified atom stereocenters. The van der Waals surface area contributed by atoms with Crippen molar-refractivity contribution in [2.24, 2.45) is 0 Å². The standard InChI is InChI=1S/C20H27N3O2.C19H23N3O3/c1-14(21)18-7-5-13-23(18)20-15(2)22-19(25-20)8-4-6-16-9-11-17(24-3)12-10-16;1-13-19(22-8-4-5-15(22)12-20)25-18(21-13)7-6-14-9-16(23-2)11-17(10-14)24-3/h9-12,18,21H,4-8,13H2,1-3H3;9-11,15H,4-8H2,1-3H3/t18-;15-/m00/s1. The minimum absolute atomic E-state index is 0.109. The van der Waals surface area contributed by atoms with E-state index in [2.05, 4.69) is 33.1 Å². The van der Waals surface area contributed by atoms with Crippen molar-refractivity contribution in [2.45, 2.75) is 90.6 Å². The van der Waals surface area contributed by atoms with E-state index in [0.29, 0.717) is 18.0 Å². The molecule has 2 aliphatic heterocycles. The van der Waals surface area contributed by atoms with Gasteiger partial charge in [0, 0.05) is 37.7 Å². The lowest BCUT2D eigenvalue weighted by Crippen LogP contribution is -2.34. The third kappa shape index (κ3) is 8.97. The van der Waals surface area contributed by atoms with E-state index in [1.165, 1.54) is 5.56 Å². The second-order valence-electron chi connectivity index (χ2n) is 12.9. The smallest absolute Gasteiger partial charge is 0.220 e. The zero-order chi connectivity index (χ0) is 35.6. The summed E-state index contributed by atoms with van der Waals surface area (Å²) in [6.45, 7) is 7.61. The summed E-state index contributed by atoms with van der Waals surface area (Å²) < 4.78 is 27.8. The van der Waals surface area contributed by atoms with Crippen molar-refractivity contribution in [3.63, 3.8) is 0 Å². The molecule has 0 bridgehead atoms. The maximum atomic E-state index is 9.27. The first-order valence-corrected chi connectivity index (χ1v) is 17.5. The maximum Gasteiger partial charge on any atom is 0.220 e. The molecule has 2 aromatic carbocycles. The zero-order valence-electron chi connectivity index (χ0n) is 30.3. The third-order valence-electron chi connectivity index (χ3n) is 9.36.